The molecule has 0 saturated heterocycles. The van der Waals surface area contributed by atoms with Gasteiger partial charge in [-0.2, -0.15) is 0 Å². The van der Waals surface area contributed by atoms with E-state index in [1.807, 2.05) is 0 Å². The topological polar surface area (TPSA) is 0 Å². The van der Waals surface area contributed by atoms with Crippen LogP contribution < -0.4 is 0 Å². The highest BCUT2D eigenvalue weighted by Crippen LogP contribution is 2.81. The molecule has 12 atom stereocenters. The minimum atomic E-state index is 0.696. The van der Waals surface area contributed by atoms with Gasteiger partial charge in [-0.15, -0.1) is 0 Å². The Morgan fingerprint density at radius 3 is 1.91 bits per heavy atom. The second-order valence-electron chi connectivity index (χ2n) is 11.4. The van der Waals surface area contributed by atoms with Gasteiger partial charge in [0, 0.05) is 0 Å². The zero-order valence-electron chi connectivity index (χ0n) is 14.4. The molecule has 120 valence electrons. The average molecular weight is 296 g/mol. The van der Waals surface area contributed by atoms with Crippen LogP contribution in [0.4, 0.5) is 0 Å². The van der Waals surface area contributed by atoms with E-state index in [1.165, 1.54) is 53.3 Å². The lowest BCUT2D eigenvalue weighted by Gasteiger charge is -2.46. The second-order valence-corrected chi connectivity index (χ2v) is 11.4. The third-order valence-electron chi connectivity index (χ3n) is 11.1. The van der Waals surface area contributed by atoms with Gasteiger partial charge < -0.3 is 0 Å². The van der Waals surface area contributed by atoms with E-state index in [9.17, 15) is 0 Å². The Balaban J connectivity index is 1.37. The summed E-state index contributed by atoms with van der Waals surface area (Å²) in [6, 6.07) is 0. The predicted octanol–water partition coefficient (Wildman–Crippen LogP) is 5.23. The molecule has 0 nitrogen and oxygen atoms in total. The summed E-state index contributed by atoms with van der Waals surface area (Å²) in [5.74, 6) is 14.2. The molecule has 0 N–H and O–H groups in total. The molecule has 0 heterocycles. The minimum Gasteiger partial charge on any atom is -0.0593 e. The third kappa shape index (κ3) is 1.07. The van der Waals surface area contributed by atoms with E-state index in [0.29, 0.717) is 5.41 Å². The van der Waals surface area contributed by atoms with E-state index in [4.69, 9.17) is 0 Å². The van der Waals surface area contributed by atoms with E-state index in [-0.39, 0.29) is 0 Å². The quantitative estimate of drug-likeness (QED) is 0.537. The number of hydrogen-bond donors (Lipinski definition) is 0. The van der Waals surface area contributed by atoms with Crippen LogP contribution >= 0.6 is 0 Å². The Hall–Kier alpha value is 0. The Bertz CT molecular complexity index is 546. The van der Waals surface area contributed by atoms with Crippen LogP contribution in [0.15, 0.2) is 0 Å². The summed E-state index contributed by atoms with van der Waals surface area (Å²) in [5, 5.41) is 0. The summed E-state index contributed by atoms with van der Waals surface area (Å²) < 4.78 is 0. The molecule has 7 aliphatic carbocycles. The molecule has 0 aromatic rings. The molecule has 0 radical (unpaired) electrons. The highest BCUT2D eigenvalue weighted by molar-refractivity contribution is 5.23. The Morgan fingerprint density at radius 1 is 0.545 bits per heavy atom. The van der Waals surface area contributed by atoms with Crippen LogP contribution in [0.2, 0.25) is 0 Å². The fraction of sp³-hybridized carbons (Fsp3) is 1.00. The van der Waals surface area contributed by atoms with Gasteiger partial charge in [-0.05, 0) is 121 Å². The monoisotopic (exact) mass is 296 g/mol. The lowest BCUT2D eigenvalue weighted by atomic mass is 9.59. The van der Waals surface area contributed by atoms with Gasteiger partial charge in [0.1, 0.15) is 0 Å². The summed E-state index contributed by atoms with van der Waals surface area (Å²) in [7, 11) is 0. The van der Waals surface area contributed by atoms with Crippen molar-refractivity contribution >= 4 is 0 Å². The lowest BCUT2D eigenvalue weighted by Crippen LogP contribution is -2.41. The zero-order chi connectivity index (χ0) is 14.4. The van der Waals surface area contributed by atoms with Crippen LogP contribution in [0, 0.1) is 76.4 Å². The van der Waals surface area contributed by atoms with Gasteiger partial charge in [0.05, 0.1) is 0 Å². The fourth-order valence-corrected chi connectivity index (χ4v) is 11.4. The fourth-order valence-electron chi connectivity index (χ4n) is 11.4. The van der Waals surface area contributed by atoms with E-state index in [0.717, 1.165) is 17.8 Å². The van der Waals surface area contributed by atoms with Crippen LogP contribution in [0.5, 0.6) is 0 Å². The van der Waals surface area contributed by atoms with Crippen LogP contribution in [-0.4, -0.2) is 0 Å². The number of rotatable bonds is 0. The molecule has 0 aliphatic heterocycles. The van der Waals surface area contributed by atoms with Gasteiger partial charge >= 0.3 is 0 Å². The molecule has 7 saturated carbocycles. The molecule has 0 aromatic heterocycles. The van der Waals surface area contributed by atoms with Crippen LogP contribution in [-0.2, 0) is 0 Å². The van der Waals surface area contributed by atoms with E-state index in [2.05, 4.69) is 13.8 Å². The first kappa shape index (κ1) is 12.4. The first-order chi connectivity index (χ1) is 10.7. The summed E-state index contributed by atoms with van der Waals surface area (Å²) in [6.07, 6.45) is 11.4. The molecule has 7 rings (SSSR count). The van der Waals surface area contributed by atoms with Crippen molar-refractivity contribution in [2.75, 3.05) is 0 Å². The zero-order valence-corrected chi connectivity index (χ0v) is 14.4. The molecule has 7 fully saturated rings. The number of fused-ring (bicyclic) bond motifs is 18. The first-order valence-electron chi connectivity index (χ1n) is 10.7. The van der Waals surface area contributed by atoms with Crippen molar-refractivity contribution in [1.82, 2.24) is 0 Å². The molecular formula is C22H32. The standard InChI is InChI=1S/C22H32/c1-22(2)20-13-6-5-12(8-13)18(20)19-14-9-15(21(19)22)17-11-4-3-10(7-11)16(14)17/h10-21H,3-9H2,1-2H3. The maximum atomic E-state index is 2.74. The first-order valence-corrected chi connectivity index (χ1v) is 10.7. The van der Waals surface area contributed by atoms with Crippen molar-refractivity contribution in [3.63, 3.8) is 0 Å². The normalized spacial score (nSPS) is 71.2. The molecule has 0 heteroatoms. The summed E-state index contributed by atoms with van der Waals surface area (Å²) >= 11 is 0. The Morgan fingerprint density at radius 2 is 1.14 bits per heavy atom. The van der Waals surface area contributed by atoms with Crippen LogP contribution in [0.1, 0.15) is 58.8 Å². The predicted molar refractivity (Wildman–Crippen MR) is 88.0 cm³/mol. The van der Waals surface area contributed by atoms with E-state index in [1.54, 1.807) is 44.9 Å². The van der Waals surface area contributed by atoms with Crippen molar-refractivity contribution in [3.8, 4) is 0 Å². The minimum absolute atomic E-state index is 0.696. The van der Waals surface area contributed by atoms with Crippen LogP contribution in [0.25, 0.3) is 0 Å². The van der Waals surface area contributed by atoms with Gasteiger partial charge in [-0.3, -0.25) is 0 Å². The molecular weight excluding hydrogens is 264 g/mol. The van der Waals surface area contributed by atoms with Gasteiger partial charge in [0.25, 0.3) is 0 Å². The highest BCUT2D eigenvalue weighted by atomic mass is 14.8. The highest BCUT2D eigenvalue weighted by Gasteiger charge is 2.75. The second kappa shape index (κ2) is 3.50. The molecule has 22 heavy (non-hydrogen) atoms. The number of hydrogen-bond acceptors (Lipinski definition) is 0. The van der Waals surface area contributed by atoms with Gasteiger partial charge in [0.2, 0.25) is 0 Å². The summed E-state index contributed by atoms with van der Waals surface area (Å²) in [4.78, 5) is 0. The van der Waals surface area contributed by atoms with Gasteiger partial charge in [-0.25, -0.2) is 0 Å². The average Bonchev–Trinajstić information content (AvgIpc) is 3.31. The maximum Gasteiger partial charge on any atom is -0.0287 e. The van der Waals surface area contributed by atoms with E-state index < -0.39 is 0 Å². The van der Waals surface area contributed by atoms with E-state index >= 15 is 0 Å². The molecule has 12 unspecified atom stereocenters. The largest absolute Gasteiger partial charge is 0.0593 e. The molecule has 0 amide bonds. The summed E-state index contributed by atoms with van der Waals surface area (Å²) in [5.41, 5.74) is 0.696. The van der Waals surface area contributed by atoms with Crippen molar-refractivity contribution in [3.05, 3.63) is 0 Å². The molecule has 7 aliphatic rings. The lowest BCUT2D eigenvalue weighted by molar-refractivity contribution is 0.0148. The van der Waals surface area contributed by atoms with Crippen molar-refractivity contribution < 1.29 is 0 Å². The van der Waals surface area contributed by atoms with Gasteiger partial charge in [0.15, 0.2) is 0 Å². The Labute approximate surface area is 135 Å². The smallest absolute Gasteiger partial charge is 0.0287 e. The molecule has 0 aromatic carbocycles. The van der Waals surface area contributed by atoms with Crippen LogP contribution in [0.3, 0.4) is 0 Å². The molecule has 0 spiro atoms. The SMILES string of the molecule is CC1(C)C2C3CCC(C3)C2C2C3CC(C4C5CCC(C5)C34)C21. The van der Waals surface area contributed by atoms with Gasteiger partial charge in [-0.1, -0.05) is 13.8 Å². The van der Waals surface area contributed by atoms with Crippen molar-refractivity contribution in [1.29, 1.82) is 0 Å². The maximum absolute atomic E-state index is 2.74. The summed E-state index contributed by atoms with van der Waals surface area (Å²) in [6.45, 7) is 5.47. The van der Waals surface area contributed by atoms with Crippen molar-refractivity contribution in [2.45, 2.75) is 58.8 Å². The van der Waals surface area contributed by atoms with Crippen molar-refractivity contribution in [2.24, 2.45) is 76.4 Å². The third-order valence-corrected chi connectivity index (χ3v) is 11.1. The Kier molecular flexibility index (Phi) is 1.97. The molecule has 6 bridgehead atoms.